The third-order valence-electron chi connectivity index (χ3n) is 4.40. The molecule has 1 aliphatic rings. The first-order chi connectivity index (χ1) is 11.2. The number of fused-ring (bicyclic) bond motifs is 1. The number of benzene rings is 1. The van der Waals surface area contributed by atoms with Crippen molar-refractivity contribution in [3.05, 3.63) is 71.9 Å². The van der Waals surface area contributed by atoms with Crippen molar-refractivity contribution in [1.29, 1.82) is 0 Å². The molecule has 3 aromatic rings. The van der Waals surface area contributed by atoms with Gasteiger partial charge in [-0.1, -0.05) is 12.1 Å². The predicted octanol–water partition coefficient (Wildman–Crippen LogP) is 3.45. The Balaban J connectivity index is 1.64. The van der Waals surface area contributed by atoms with Gasteiger partial charge in [0.2, 0.25) is 0 Å². The molecule has 1 aliphatic heterocycles. The van der Waals surface area contributed by atoms with Gasteiger partial charge < -0.3 is 9.30 Å². The lowest BCUT2D eigenvalue weighted by Gasteiger charge is -2.25. The van der Waals surface area contributed by atoms with Crippen molar-refractivity contribution in [2.75, 3.05) is 6.54 Å². The van der Waals surface area contributed by atoms with E-state index in [-0.39, 0.29) is 17.8 Å². The maximum atomic E-state index is 13.1. The number of hydrogen-bond acceptors (Lipinski definition) is 2. The van der Waals surface area contributed by atoms with Crippen molar-refractivity contribution in [2.24, 2.45) is 0 Å². The minimum Gasteiger partial charge on any atom is -0.332 e. The predicted molar refractivity (Wildman–Crippen MR) is 84.6 cm³/mol. The fourth-order valence-corrected chi connectivity index (χ4v) is 3.25. The van der Waals surface area contributed by atoms with E-state index in [0.29, 0.717) is 5.56 Å². The first-order valence-corrected chi connectivity index (χ1v) is 7.71. The molecule has 23 heavy (non-hydrogen) atoms. The van der Waals surface area contributed by atoms with Crippen LogP contribution in [0, 0.1) is 5.82 Å². The van der Waals surface area contributed by atoms with E-state index in [1.54, 1.807) is 18.3 Å². The molecule has 1 fully saturated rings. The van der Waals surface area contributed by atoms with E-state index in [2.05, 4.69) is 4.98 Å². The standard InChI is InChI=1S/C18H16FN3O/c19-15-6-3-13(4-7-15)16-2-1-10-22(16)18(23)14-5-8-17-20-9-11-21(17)12-14/h3-9,11-12,16H,1-2,10H2. The molecule has 5 heteroatoms. The number of carbonyl (C=O) groups excluding carboxylic acids is 1. The molecular formula is C18H16FN3O. The molecule has 3 heterocycles. The lowest BCUT2D eigenvalue weighted by Crippen LogP contribution is -2.30. The highest BCUT2D eigenvalue weighted by molar-refractivity contribution is 5.94. The van der Waals surface area contributed by atoms with E-state index >= 15 is 0 Å². The number of halogens is 1. The number of pyridine rings is 1. The Hall–Kier alpha value is -2.69. The van der Waals surface area contributed by atoms with E-state index in [1.807, 2.05) is 33.8 Å². The van der Waals surface area contributed by atoms with Gasteiger partial charge >= 0.3 is 0 Å². The Labute approximate surface area is 133 Å². The summed E-state index contributed by atoms with van der Waals surface area (Å²) < 4.78 is 15.0. The van der Waals surface area contributed by atoms with Gasteiger partial charge in [0, 0.05) is 25.1 Å². The average molecular weight is 309 g/mol. The van der Waals surface area contributed by atoms with Crippen LogP contribution in [0.1, 0.15) is 34.8 Å². The summed E-state index contributed by atoms with van der Waals surface area (Å²) in [5.74, 6) is -0.248. The molecule has 4 nitrogen and oxygen atoms in total. The van der Waals surface area contributed by atoms with Crippen LogP contribution in [-0.4, -0.2) is 26.7 Å². The maximum absolute atomic E-state index is 13.1. The van der Waals surface area contributed by atoms with E-state index in [4.69, 9.17) is 0 Å². The molecule has 2 aromatic heterocycles. The van der Waals surface area contributed by atoms with Gasteiger partial charge in [-0.05, 0) is 42.7 Å². The van der Waals surface area contributed by atoms with Crippen molar-refractivity contribution in [2.45, 2.75) is 18.9 Å². The minimum absolute atomic E-state index is 0.00688. The Morgan fingerprint density at radius 1 is 1.17 bits per heavy atom. The van der Waals surface area contributed by atoms with Crippen LogP contribution in [0.15, 0.2) is 55.0 Å². The van der Waals surface area contributed by atoms with Crippen LogP contribution in [0.4, 0.5) is 4.39 Å². The molecule has 0 radical (unpaired) electrons. The molecule has 0 spiro atoms. The molecule has 0 saturated carbocycles. The zero-order chi connectivity index (χ0) is 15.8. The quantitative estimate of drug-likeness (QED) is 0.727. The molecule has 1 aromatic carbocycles. The normalized spacial score (nSPS) is 17.8. The van der Waals surface area contributed by atoms with Crippen LogP contribution >= 0.6 is 0 Å². The lowest BCUT2D eigenvalue weighted by molar-refractivity contribution is 0.0735. The van der Waals surface area contributed by atoms with Gasteiger partial charge in [-0.2, -0.15) is 0 Å². The molecular weight excluding hydrogens is 293 g/mol. The summed E-state index contributed by atoms with van der Waals surface area (Å²) in [6.07, 6.45) is 7.21. The number of rotatable bonds is 2. The summed E-state index contributed by atoms with van der Waals surface area (Å²) in [5.41, 5.74) is 2.45. The van der Waals surface area contributed by atoms with Crippen LogP contribution in [0.25, 0.3) is 5.65 Å². The van der Waals surface area contributed by atoms with Gasteiger partial charge in [0.05, 0.1) is 11.6 Å². The zero-order valence-electron chi connectivity index (χ0n) is 12.5. The summed E-state index contributed by atoms with van der Waals surface area (Å²) in [6.45, 7) is 0.725. The molecule has 4 rings (SSSR count). The van der Waals surface area contributed by atoms with E-state index < -0.39 is 0 Å². The highest BCUT2D eigenvalue weighted by Crippen LogP contribution is 2.33. The monoisotopic (exact) mass is 309 g/mol. The summed E-state index contributed by atoms with van der Waals surface area (Å²) in [4.78, 5) is 19.0. The first-order valence-electron chi connectivity index (χ1n) is 7.71. The molecule has 0 N–H and O–H groups in total. The van der Waals surface area contributed by atoms with Gasteiger partial charge in [-0.3, -0.25) is 4.79 Å². The molecule has 1 amide bonds. The number of carbonyl (C=O) groups is 1. The lowest BCUT2D eigenvalue weighted by atomic mass is 10.0. The topological polar surface area (TPSA) is 37.6 Å². The third-order valence-corrected chi connectivity index (χ3v) is 4.40. The van der Waals surface area contributed by atoms with Crippen molar-refractivity contribution >= 4 is 11.6 Å². The fourth-order valence-electron chi connectivity index (χ4n) is 3.25. The number of imidazole rings is 1. The smallest absolute Gasteiger partial charge is 0.255 e. The van der Waals surface area contributed by atoms with Crippen molar-refractivity contribution in [1.82, 2.24) is 14.3 Å². The van der Waals surface area contributed by atoms with Crippen LogP contribution in [0.2, 0.25) is 0 Å². The van der Waals surface area contributed by atoms with Gasteiger partial charge in [0.25, 0.3) is 5.91 Å². The highest BCUT2D eigenvalue weighted by atomic mass is 19.1. The third kappa shape index (κ3) is 2.48. The fraction of sp³-hybridized carbons (Fsp3) is 0.222. The van der Waals surface area contributed by atoms with E-state index in [1.165, 1.54) is 12.1 Å². The van der Waals surface area contributed by atoms with E-state index in [9.17, 15) is 9.18 Å². The molecule has 1 saturated heterocycles. The first kappa shape index (κ1) is 13.9. The Morgan fingerprint density at radius 2 is 2.00 bits per heavy atom. The Morgan fingerprint density at radius 3 is 2.83 bits per heavy atom. The Bertz CT molecular complexity index is 856. The molecule has 1 atom stereocenters. The second-order valence-corrected chi connectivity index (χ2v) is 5.82. The van der Waals surface area contributed by atoms with E-state index in [0.717, 1.165) is 30.6 Å². The molecule has 0 aliphatic carbocycles. The van der Waals surface area contributed by atoms with Crippen molar-refractivity contribution in [3.8, 4) is 0 Å². The van der Waals surface area contributed by atoms with Gasteiger partial charge in [-0.15, -0.1) is 0 Å². The number of nitrogens with zero attached hydrogens (tertiary/aromatic N) is 3. The van der Waals surface area contributed by atoms with Crippen LogP contribution in [0.5, 0.6) is 0 Å². The van der Waals surface area contributed by atoms with Gasteiger partial charge in [0.15, 0.2) is 0 Å². The van der Waals surface area contributed by atoms with Crippen LogP contribution in [0.3, 0.4) is 0 Å². The second kappa shape index (κ2) is 5.50. The second-order valence-electron chi connectivity index (χ2n) is 5.82. The van der Waals surface area contributed by atoms with Gasteiger partial charge in [-0.25, -0.2) is 9.37 Å². The SMILES string of the molecule is O=C(c1ccc2nccn2c1)N1CCCC1c1ccc(F)cc1. The molecule has 0 bridgehead atoms. The largest absolute Gasteiger partial charge is 0.332 e. The van der Waals surface area contributed by atoms with Gasteiger partial charge in [0.1, 0.15) is 11.5 Å². The summed E-state index contributed by atoms with van der Waals surface area (Å²) >= 11 is 0. The summed E-state index contributed by atoms with van der Waals surface area (Å²) in [6, 6.07) is 10.1. The summed E-state index contributed by atoms with van der Waals surface area (Å²) in [7, 11) is 0. The zero-order valence-corrected chi connectivity index (χ0v) is 12.5. The summed E-state index contributed by atoms with van der Waals surface area (Å²) in [5, 5.41) is 0. The minimum atomic E-state index is -0.254. The maximum Gasteiger partial charge on any atom is 0.255 e. The van der Waals surface area contributed by atoms with Crippen LogP contribution < -0.4 is 0 Å². The number of likely N-dealkylation sites (tertiary alicyclic amines) is 1. The van der Waals surface area contributed by atoms with Crippen molar-refractivity contribution in [3.63, 3.8) is 0 Å². The number of aromatic nitrogens is 2. The average Bonchev–Trinajstić information content (AvgIpc) is 3.23. The van der Waals surface area contributed by atoms with Crippen LogP contribution in [-0.2, 0) is 0 Å². The molecule has 1 unspecified atom stereocenters. The Kier molecular flexibility index (Phi) is 3.33. The van der Waals surface area contributed by atoms with Crippen molar-refractivity contribution < 1.29 is 9.18 Å². The number of amides is 1. The highest BCUT2D eigenvalue weighted by Gasteiger charge is 2.30. The number of hydrogen-bond donors (Lipinski definition) is 0. The molecule has 116 valence electrons.